The number of carbonyl (C=O) groups is 2. The molecule has 0 fully saturated rings. The van der Waals surface area contributed by atoms with E-state index in [1.807, 2.05) is 13.8 Å². The Morgan fingerprint density at radius 3 is 2.29 bits per heavy atom. The second kappa shape index (κ2) is 10.5. The van der Waals surface area contributed by atoms with Crippen LogP contribution in [-0.4, -0.2) is 29.2 Å². The van der Waals surface area contributed by atoms with Crippen LogP contribution in [0.1, 0.15) is 72.6 Å². The number of hydrogen-bond donors (Lipinski definition) is 3. The highest BCUT2D eigenvalue weighted by Gasteiger charge is 2.19. The van der Waals surface area contributed by atoms with Gasteiger partial charge in [0.25, 0.3) is 0 Å². The molecule has 0 radical (unpaired) electrons. The van der Waals surface area contributed by atoms with Crippen LogP contribution in [0.15, 0.2) is 0 Å². The Kier molecular flexibility index (Phi) is 9.84. The quantitative estimate of drug-likeness (QED) is 0.546. The minimum Gasteiger partial charge on any atom is -0.481 e. The molecule has 0 aromatic rings. The highest BCUT2D eigenvalue weighted by molar-refractivity contribution is 5.74. The van der Waals surface area contributed by atoms with Gasteiger partial charge in [0.15, 0.2) is 0 Å². The molecule has 5 heteroatoms. The van der Waals surface area contributed by atoms with Gasteiger partial charge >= 0.3 is 12.0 Å². The van der Waals surface area contributed by atoms with Crippen molar-refractivity contribution in [1.82, 2.24) is 10.6 Å². The van der Waals surface area contributed by atoms with E-state index in [0.29, 0.717) is 18.9 Å². The predicted molar refractivity (Wildman–Crippen MR) is 85.4 cm³/mol. The van der Waals surface area contributed by atoms with Crippen molar-refractivity contribution >= 4 is 12.0 Å². The summed E-state index contributed by atoms with van der Waals surface area (Å²) in [5, 5.41) is 14.6. The van der Waals surface area contributed by atoms with Crippen molar-refractivity contribution in [3.63, 3.8) is 0 Å². The summed E-state index contributed by atoms with van der Waals surface area (Å²) in [6, 6.07) is -0.137. The molecule has 1 unspecified atom stereocenters. The number of urea groups is 1. The van der Waals surface area contributed by atoms with Crippen LogP contribution in [-0.2, 0) is 4.79 Å². The smallest absolute Gasteiger partial charge is 0.315 e. The normalized spacial score (nSPS) is 12.8. The minimum absolute atomic E-state index is 0.137. The van der Waals surface area contributed by atoms with Gasteiger partial charge in [-0.3, -0.25) is 4.79 Å². The summed E-state index contributed by atoms with van der Waals surface area (Å²) >= 11 is 0. The van der Waals surface area contributed by atoms with E-state index >= 15 is 0 Å². The molecule has 0 aliphatic heterocycles. The molecule has 0 saturated heterocycles. The summed E-state index contributed by atoms with van der Waals surface area (Å²) in [7, 11) is 0. The van der Waals surface area contributed by atoms with Gasteiger partial charge in [0.1, 0.15) is 0 Å². The number of hydrogen-bond acceptors (Lipinski definition) is 2. The minimum atomic E-state index is -0.747. The van der Waals surface area contributed by atoms with Crippen molar-refractivity contribution in [2.75, 3.05) is 6.54 Å². The maximum Gasteiger partial charge on any atom is 0.315 e. The third-order valence-electron chi connectivity index (χ3n) is 3.63. The second-order valence-electron chi connectivity index (χ2n) is 6.39. The molecule has 2 amide bonds. The van der Waals surface area contributed by atoms with Gasteiger partial charge in [-0.2, -0.15) is 0 Å². The van der Waals surface area contributed by atoms with Gasteiger partial charge in [-0.1, -0.05) is 33.1 Å². The summed E-state index contributed by atoms with van der Waals surface area (Å²) in [5.74, 6) is -0.377. The lowest BCUT2D eigenvalue weighted by Gasteiger charge is -2.26. The molecule has 3 N–H and O–H groups in total. The van der Waals surface area contributed by atoms with E-state index < -0.39 is 5.97 Å². The monoisotopic (exact) mass is 300 g/mol. The van der Waals surface area contributed by atoms with Crippen LogP contribution in [0.3, 0.4) is 0 Å². The average Bonchev–Trinajstić information content (AvgIpc) is 2.34. The predicted octanol–water partition coefficient (Wildman–Crippen LogP) is 3.54. The molecule has 124 valence electrons. The first-order chi connectivity index (χ1) is 9.80. The summed E-state index contributed by atoms with van der Waals surface area (Å²) in [4.78, 5) is 22.5. The van der Waals surface area contributed by atoms with E-state index in [4.69, 9.17) is 5.11 Å². The molecule has 0 aromatic carbocycles. The zero-order valence-corrected chi connectivity index (χ0v) is 14.0. The van der Waals surface area contributed by atoms with E-state index in [1.165, 1.54) is 0 Å². The van der Waals surface area contributed by atoms with Crippen molar-refractivity contribution in [3.05, 3.63) is 0 Å². The number of amides is 2. The topological polar surface area (TPSA) is 78.4 Å². The lowest BCUT2D eigenvalue weighted by Crippen LogP contribution is -2.48. The van der Waals surface area contributed by atoms with Gasteiger partial charge in [-0.25, -0.2) is 4.79 Å². The number of carbonyl (C=O) groups excluding carboxylic acids is 1. The Hall–Kier alpha value is -1.26. The van der Waals surface area contributed by atoms with Gasteiger partial charge in [0.05, 0.1) is 0 Å². The number of nitrogens with one attached hydrogen (secondary N) is 2. The van der Waals surface area contributed by atoms with Crippen molar-refractivity contribution < 1.29 is 14.7 Å². The molecule has 0 rings (SSSR count). The molecule has 0 bridgehead atoms. The average molecular weight is 300 g/mol. The van der Waals surface area contributed by atoms with Crippen molar-refractivity contribution in [2.24, 2.45) is 5.92 Å². The Morgan fingerprint density at radius 2 is 1.76 bits per heavy atom. The molecule has 1 atom stereocenters. The molecule has 0 heterocycles. The molecule has 5 nitrogen and oxygen atoms in total. The fraction of sp³-hybridized carbons (Fsp3) is 0.875. The molecular weight excluding hydrogens is 268 g/mol. The van der Waals surface area contributed by atoms with Crippen LogP contribution in [0.5, 0.6) is 0 Å². The molecule has 0 aliphatic rings. The van der Waals surface area contributed by atoms with Gasteiger partial charge in [0.2, 0.25) is 0 Å². The SMILES string of the molecule is CCCC(CCNC(=O)NC(C)(C)CCC)CCC(=O)O. The molecule has 0 aliphatic carbocycles. The van der Waals surface area contributed by atoms with E-state index in [0.717, 1.165) is 32.1 Å². The fourth-order valence-electron chi connectivity index (χ4n) is 2.60. The largest absolute Gasteiger partial charge is 0.481 e. The lowest BCUT2D eigenvalue weighted by atomic mass is 9.94. The first kappa shape index (κ1) is 19.7. The van der Waals surface area contributed by atoms with E-state index in [1.54, 1.807) is 0 Å². The third kappa shape index (κ3) is 11.1. The maximum atomic E-state index is 11.8. The molecule has 21 heavy (non-hydrogen) atoms. The van der Waals surface area contributed by atoms with Gasteiger partial charge in [-0.15, -0.1) is 0 Å². The third-order valence-corrected chi connectivity index (χ3v) is 3.63. The Labute approximate surface area is 128 Å². The van der Waals surface area contributed by atoms with Crippen molar-refractivity contribution in [3.8, 4) is 0 Å². The molecule has 0 aromatic heterocycles. The van der Waals surface area contributed by atoms with Crippen LogP contribution in [0.25, 0.3) is 0 Å². The van der Waals surface area contributed by atoms with Crippen molar-refractivity contribution in [2.45, 2.75) is 78.2 Å². The van der Waals surface area contributed by atoms with Crippen LogP contribution in [0, 0.1) is 5.92 Å². The number of carboxylic acid groups (broad SMARTS) is 1. The van der Waals surface area contributed by atoms with Crippen LogP contribution in [0.4, 0.5) is 4.79 Å². The summed E-state index contributed by atoms with van der Waals surface area (Å²) in [6.07, 6.45) is 5.76. The highest BCUT2D eigenvalue weighted by atomic mass is 16.4. The Bertz CT molecular complexity index is 317. The standard InChI is InChI=1S/C16H32N2O3/c1-5-7-13(8-9-14(19)20)10-12-17-15(21)18-16(3,4)11-6-2/h13H,5-12H2,1-4H3,(H,19,20)(H2,17,18,21). The Balaban J connectivity index is 4.01. The van der Waals surface area contributed by atoms with Crippen LogP contribution >= 0.6 is 0 Å². The maximum absolute atomic E-state index is 11.8. The lowest BCUT2D eigenvalue weighted by molar-refractivity contribution is -0.137. The number of carboxylic acids is 1. The summed E-state index contributed by atoms with van der Waals surface area (Å²) < 4.78 is 0. The number of rotatable bonds is 11. The highest BCUT2D eigenvalue weighted by Crippen LogP contribution is 2.17. The van der Waals surface area contributed by atoms with Gasteiger partial charge in [-0.05, 0) is 39.0 Å². The Morgan fingerprint density at radius 1 is 1.10 bits per heavy atom. The van der Waals surface area contributed by atoms with Crippen molar-refractivity contribution in [1.29, 1.82) is 0 Å². The second-order valence-corrected chi connectivity index (χ2v) is 6.39. The zero-order valence-electron chi connectivity index (χ0n) is 14.0. The molecule has 0 spiro atoms. The van der Waals surface area contributed by atoms with E-state index in [-0.39, 0.29) is 18.0 Å². The summed E-state index contributed by atoms with van der Waals surface area (Å²) in [6.45, 7) is 8.82. The first-order valence-electron chi connectivity index (χ1n) is 8.08. The zero-order chi connectivity index (χ0) is 16.3. The fourth-order valence-corrected chi connectivity index (χ4v) is 2.60. The van der Waals surface area contributed by atoms with Crippen LogP contribution in [0.2, 0.25) is 0 Å². The van der Waals surface area contributed by atoms with Crippen LogP contribution < -0.4 is 10.6 Å². The summed E-state index contributed by atoms with van der Waals surface area (Å²) in [5.41, 5.74) is -0.190. The first-order valence-corrected chi connectivity index (χ1v) is 8.08. The number of aliphatic carboxylic acids is 1. The van der Waals surface area contributed by atoms with E-state index in [2.05, 4.69) is 24.5 Å². The van der Waals surface area contributed by atoms with Gasteiger partial charge < -0.3 is 15.7 Å². The molecule has 0 saturated carbocycles. The molecular formula is C16H32N2O3. The van der Waals surface area contributed by atoms with Gasteiger partial charge in [0, 0.05) is 18.5 Å². The van der Waals surface area contributed by atoms with E-state index in [9.17, 15) is 9.59 Å².